The van der Waals surface area contributed by atoms with E-state index < -0.39 is 0 Å². The van der Waals surface area contributed by atoms with Crippen LogP contribution in [0.4, 0.5) is 0 Å². The van der Waals surface area contributed by atoms with Crippen molar-refractivity contribution in [2.75, 3.05) is 19.7 Å². The highest BCUT2D eigenvalue weighted by Gasteiger charge is 2.30. The zero-order valence-corrected chi connectivity index (χ0v) is 15.3. The van der Waals surface area contributed by atoms with Crippen LogP contribution in [-0.2, 0) is 4.74 Å². The van der Waals surface area contributed by atoms with E-state index in [-0.39, 0.29) is 17.8 Å². The second-order valence-corrected chi connectivity index (χ2v) is 7.16. The standard InChI is InChI=1S/C24H19NO3/c26-23-20-9-5-4-8-18(20)19-11-10-17(14-21(19)23)24(27)25-12-13-28-22(15-25)16-6-2-1-3-7-16/h1-11,14,22H,12-13,15H2. The summed E-state index contributed by atoms with van der Waals surface area (Å²) in [5.41, 5.74) is 4.78. The van der Waals surface area contributed by atoms with E-state index in [2.05, 4.69) is 0 Å². The molecule has 4 nitrogen and oxygen atoms in total. The number of hydrogen-bond donors (Lipinski definition) is 0. The molecule has 1 heterocycles. The highest BCUT2D eigenvalue weighted by molar-refractivity contribution is 6.22. The van der Waals surface area contributed by atoms with Gasteiger partial charge >= 0.3 is 0 Å². The third kappa shape index (κ3) is 2.74. The lowest BCUT2D eigenvalue weighted by molar-refractivity contribution is -0.0228. The fourth-order valence-electron chi connectivity index (χ4n) is 4.05. The van der Waals surface area contributed by atoms with E-state index in [9.17, 15) is 9.59 Å². The van der Waals surface area contributed by atoms with Gasteiger partial charge in [0.1, 0.15) is 6.10 Å². The Labute approximate surface area is 163 Å². The van der Waals surface area contributed by atoms with E-state index >= 15 is 0 Å². The molecule has 0 aromatic heterocycles. The van der Waals surface area contributed by atoms with Crippen LogP contribution in [0.5, 0.6) is 0 Å². The lowest BCUT2D eigenvalue weighted by Crippen LogP contribution is -2.42. The second kappa shape index (κ2) is 6.73. The Bertz CT molecular complexity index is 1070. The number of carbonyl (C=O) groups excluding carboxylic acids is 2. The zero-order chi connectivity index (χ0) is 19.1. The summed E-state index contributed by atoms with van der Waals surface area (Å²) < 4.78 is 5.87. The number of fused-ring (bicyclic) bond motifs is 3. The summed E-state index contributed by atoms with van der Waals surface area (Å²) in [6.07, 6.45) is -0.126. The van der Waals surface area contributed by atoms with Crippen LogP contribution in [0.1, 0.15) is 37.9 Å². The van der Waals surface area contributed by atoms with Gasteiger partial charge in [-0.1, -0.05) is 60.7 Å². The molecule has 1 atom stereocenters. The van der Waals surface area contributed by atoms with E-state index in [1.54, 1.807) is 6.07 Å². The first kappa shape index (κ1) is 16.9. The Kier molecular flexibility index (Phi) is 4.06. The molecule has 3 aromatic rings. The first-order valence-corrected chi connectivity index (χ1v) is 9.46. The molecule has 0 spiro atoms. The van der Waals surface area contributed by atoms with Crippen molar-refractivity contribution in [3.05, 3.63) is 95.1 Å². The van der Waals surface area contributed by atoms with Crippen LogP contribution in [0.3, 0.4) is 0 Å². The van der Waals surface area contributed by atoms with Crippen LogP contribution in [-0.4, -0.2) is 36.3 Å². The molecule has 0 radical (unpaired) electrons. The Morgan fingerprint density at radius 2 is 1.57 bits per heavy atom. The van der Waals surface area contributed by atoms with E-state index in [0.29, 0.717) is 36.4 Å². The van der Waals surface area contributed by atoms with Gasteiger partial charge in [0.2, 0.25) is 0 Å². The summed E-state index contributed by atoms with van der Waals surface area (Å²) in [7, 11) is 0. The van der Waals surface area contributed by atoms with Crippen LogP contribution in [0.25, 0.3) is 11.1 Å². The van der Waals surface area contributed by atoms with Crippen molar-refractivity contribution in [3.63, 3.8) is 0 Å². The number of morpholine rings is 1. The summed E-state index contributed by atoms with van der Waals surface area (Å²) in [6.45, 7) is 1.56. The molecule has 0 bridgehead atoms. The zero-order valence-electron chi connectivity index (χ0n) is 15.3. The van der Waals surface area contributed by atoms with Gasteiger partial charge in [0.25, 0.3) is 5.91 Å². The molecule has 1 aliphatic carbocycles. The fourth-order valence-corrected chi connectivity index (χ4v) is 4.05. The average Bonchev–Trinajstić information content (AvgIpc) is 3.06. The Hall–Kier alpha value is -3.24. The molecule has 0 saturated carbocycles. The second-order valence-electron chi connectivity index (χ2n) is 7.16. The third-order valence-electron chi connectivity index (χ3n) is 5.50. The molecule has 1 amide bonds. The van der Waals surface area contributed by atoms with Crippen LogP contribution in [0.2, 0.25) is 0 Å². The monoisotopic (exact) mass is 369 g/mol. The lowest BCUT2D eigenvalue weighted by atomic mass is 10.0. The molecular weight excluding hydrogens is 350 g/mol. The van der Waals surface area contributed by atoms with E-state index in [1.807, 2.05) is 71.6 Å². The van der Waals surface area contributed by atoms with E-state index in [4.69, 9.17) is 4.74 Å². The minimum Gasteiger partial charge on any atom is -0.370 e. The predicted molar refractivity (Wildman–Crippen MR) is 106 cm³/mol. The molecule has 5 rings (SSSR count). The molecule has 138 valence electrons. The van der Waals surface area contributed by atoms with Crippen molar-refractivity contribution in [2.24, 2.45) is 0 Å². The molecule has 1 saturated heterocycles. The number of nitrogens with zero attached hydrogens (tertiary/aromatic N) is 1. The molecule has 28 heavy (non-hydrogen) atoms. The molecule has 1 fully saturated rings. The van der Waals surface area contributed by atoms with Gasteiger partial charge in [-0.3, -0.25) is 9.59 Å². The summed E-state index contributed by atoms with van der Waals surface area (Å²) in [6, 6.07) is 23.0. The number of amides is 1. The highest BCUT2D eigenvalue weighted by Crippen LogP contribution is 2.37. The van der Waals surface area contributed by atoms with Crippen LogP contribution in [0.15, 0.2) is 72.8 Å². The van der Waals surface area contributed by atoms with Crippen molar-refractivity contribution >= 4 is 11.7 Å². The Balaban J connectivity index is 1.41. The summed E-state index contributed by atoms with van der Waals surface area (Å²) in [5.74, 6) is -0.0693. The topological polar surface area (TPSA) is 46.6 Å². The SMILES string of the molecule is O=C1c2ccccc2-c2ccc(C(=O)N3CCOC(c4ccccc4)C3)cc21. The van der Waals surface area contributed by atoms with E-state index in [0.717, 1.165) is 16.7 Å². The average molecular weight is 369 g/mol. The molecule has 0 N–H and O–H groups in total. The summed E-state index contributed by atoms with van der Waals surface area (Å²) >= 11 is 0. The normalized spacial score (nSPS) is 17.9. The number of carbonyl (C=O) groups is 2. The molecule has 4 heteroatoms. The maximum Gasteiger partial charge on any atom is 0.254 e. The maximum absolute atomic E-state index is 13.1. The number of benzene rings is 3. The van der Waals surface area contributed by atoms with Gasteiger partial charge in [-0.15, -0.1) is 0 Å². The van der Waals surface area contributed by atoms with Gasteiger partial charge in [-0.25, -0.2) is 0 Å². The quantitative estimate of drug-likeness (QED) is 0.534. The smallest absolute Gasteiger partial charge is 0.254 e. The Morgan fingerprint density at radius 1 is 0.857 bits per heavy atom. The van der Waals surface area contributed by atoms with Crippen molar-refractivity contribution < 1.29 is 14.3 Å². The minimum atomic E-state index is -0.126. The summed E-state index contributed by atoms with van der Waals surface area (Å²) in [4.78, 5) is 27.7. The van der Waals surface area contributed by atoms with Crippen LogP contribution < -0.4 is 0 Å². The molecule has 2 aliphatic rings. The summed E-state index contributed by atoms with van der Waals surface area (Å²) in [5, 5.41) is 0. The van der Waals surface area contributed by atoms with Gasteiger partial charge < -0.3 is 9.64 Å². The van der Waals surface area contributed by atoms with Crippen molar-refractivity contribution in [3.8, 4) is 11.1 Å². The minimum absolute atomic E-state index is 0.00982. The molecule has 1 unspecified atom stereocenters. The van der Waals surface area contributed by atoms with Crippen molar-refractivity contribution in [1.82, 2.24) is 4.90 Å². The first-order chi connectivity index (χ1) is 13.7. The largest absolute Gasteiger partial charge is 0.370 e. The molecular formula is C24H19NO3. The number of ether oxygens (including phenoxy) is 1. The number of ketones is 1. The van der Waals surface area contributed by atoms with Crippen LogP contribution >= 0.6 is 0 Å². The number of hydrogen-bond acceptors (Lipinski definition) is 3. The lowest BCUT2D eigenvalue weighted by Gasteiger charge is -2.33. The Morgan fingerprint density at radius 3 is 2.39 bits per heavy atom. The van der Waals surface area contributed by atoms with Crippen LogP contribution in [0, 0.1) is 0 Å². The highest BCUT2D eigenvalue weighted by atomic mass is 16.5. The van der Waals surface area contributed by atoms with Gasteiger partial charge in [0, 0.05) is 23.2 Å². The van der Waals surface area contributed by atoms with Gasteiger partial charge in [-0.05, 0) is 28.8 Å². The number of rotatable bonds is 2. The third-order valence-corrected chi connectivity index (χ3v) is 5.50. The van der Waals surface area contributed by atoms with Gasteiger partial charge in [0.15, 0.2) is 5.78 Å². The fraction of sp³-hybridized carbons (Fsp3) is 0.167. The maximum atomic E-state index is 13.1. The molecule has 1 aliphatic heterocycles. The predicted octanol–water partition coefficient (Wildman–Crippen LogP) is 4.11. The van der Waals surface area contributed by atoms with Crippen molar-refractivity contribution in [2.45, 2.75) is 6.10 Å². The van der Waals surface area contributed by atoms with Crippen molar-refractivity contribution in [1.29, 1.82) is 0 Å². The first-order valence-electron chi connectivity index (χ1n) is 9.46. The van der Waals surface area contributed by atoms with Gasteiger partial charge in [-0.2, -0.15) is 0 Å². The van der Waals surface area contributed by atoms with Gasteiger partial charge in [0.05, 0.1) is 13.2 Å². The van der Waals surface area contributed by atoms with E-state index in [1.165, 1.54) is 0 Å². The molecule has 3 aromatic carbocycles.